The Labute approximate surface area is 268 Å². The highest BCUT2D eigenvalue weighted by Gasteiger charge is 2.27. The quantitative estimate of drug-likeness (QED) is 0.181. The van der Waals surface area contributed by atoms with E-state index in [1.807, 2.05) is 18.3 Å². The molecule has 0 aliphatic heterocycles. The summed E-state index contributed by atoms with van der Waals surface area (Å²) < 4.78 is 0. The highest BCUT2D eigenvalue weighted by molar-refractivity contribution is 6.35. The molecule has 212 valence electrons. The molecule has 0 amide bonds. The van der Waals surface area contributed by atoms with Gasteiger partial charge in [-0.3, -0.25) is 4.98 Å². The third-order valence-corrected chi connectivity index (χ3v) is 8.87. The predicted molar refractivity (Wildman–Crippen MR) is 191 cm³/mol. The van der Waals surface area contributed by atoms with Crippen molar-refractivity contribution in [3.05, 3.63) is 175 Å². The Bertz CT molecular complexity index is 2300. The van der Waals surface area contributed by atoms with Crippen LogP contribution in [0.1, 0.15) is 0 Å². The zero-order chi connectivity index (χ0) is 30.2. The normalized spacial score (nSPS) is 11.2. The molecule has 0 saturated heterocycles. The molecule has 0 fully saturated rings. The van der Waals surface area contributed by atoms with Gasteiger partial charge in [0.1, 0.15) is 0 Å². The summed E-state index contributed by atoms with van der Waals surface area (Å²) in [6.07, 6.45) is 1.84. The molecule has 0 unspecified atom stereocenters. The lowest BCUT2D eigenvalue weighted by Crippen LogP contribution is -2.00. The maximum Gasteiger partial charge on any atom is 0.0900 e. The lowest BCUT2D eigenvalue weighted by atomic mass is 9.76. The van der Waals surface area contributed by atoms with Crippen LogP contribution in [0.3, 0.4) is 0 Å². The van der Waals surface area contributed by atoms with Crippen LogP contribution in [0.5, 0.6) is 0 Å². The average Bonchev–Trinajstić information content (AvgIpc) is 3.11. The molecule has 8 aromatic rings. The van der Waals surface area contributed by atoms with E-state index >= 15 is 0 Å². The molecule has 0 saturated carbocycles. The van der Waals surface area contributed by atoms with Gasteiger partial charge in [-0.05, 0) is 78.9 Å². The highest BCUT2D eigenvalue weighted by Crippen LogP contribution is 2.54. The maximum atomic E-state index is 7.04. The summed E-state index contributed by atoms with van der Waals surface area (Å²) in [5.41, 5.74) is 11.2. The fourth-order valence-corrected chi connectivity index (χ4v) is 6.93. The van der Waals surface area contributed by atoms with Gasteiger partial charge in [0.05, 0.1) is 10.7 Å². The minimum atomic E-state index is 0.629. The molecule has 0 aliphatic rings. The van der Waals surface area contributed by atoms with Crippen molar-refractivity contribution in [3.63, 3.8) is 0 Å². The predicted octanol–water partition coefficient (Wildman–Crippen LogP) is 12.4. The molecule has 45 heavy (non-hydrogen) atoms. The van der Waals surface area contributed by atoms with Gasteiger partial charge in [-0.15, -0.1) is 0 Å². The third-order valence-electron chi connectivity index (χ3n) is 8.56. The molecule has 8 rings (SSSR count). The molecule has 0 radical (unpaired) electrons. The van der Waals surface area contributed by atoms with Gasteiger partial charge in [0, 0.05) is 17.1 Å². The van der Waals surface area contributed by atoms with E-state index in [0.717, 1.165) is 55.1 Å². The monoisotopic (exact) mass is 593 g/mol. The van der Waals surface area contributed by atoms with Crippen LogP contribution >= 0.6 is 11.6 Å². The zero-order valence-electron chi connectivity index (χ0n) is 24.5. The van der Waals surface area contributed by atoms with Crippen molar-refractivity contribution in [2.45, 2.75) is 0 Å². The smallest absolute Gasteiger partial charge is 0.0900 e. The van der Waals surface area contributed by atoms with E-state index in [2.05, 4.69) is 152 Å². The van der Waals surface area contributed by atoms with Crippen LogP contribution in [-0.2, 0) is 0 Å². The molecule has 1 heterocycles. The summed E-state index contributed by atoms with van der Waals surface area (Å²) in [6, 6.07) is 57.9. The molecule has 0 atom stereocenters. The van der Waals surface area contributed by atoms with E-state index < -0.39 is 0 Å². The second-order valence-electron chi connectivity index (χ2n) is 11.2. The van der Waals surface area contributed by atoms with Crippen molar-refractivity contribution in [1.82, 2.24) is 4.98 Å². The van der Waals surface area contributed by atoms with E-state index in [1.165, 1.54) is 22.3 Å². The van der Waals surface area contributed by atoms with Gasteiger partial charge in [-0.2, -0.15) is 0 Å². The molecular formula is C43H28ClN. The molecule has 0 N–H and O–H groups in total. The maximum absolute atomic E-state index is 7.04. The lowest BCUT2D eigenvalue weighted by Gasteiger charge is -2.26. The van der Waals surface area contributed by atoms with E-state index in [0.29, 0.717) is 5.02 Å². The number of rotatable bonds is 5. The first-order valence-electron chi connectivity index (χ1n) is 15.2. The summed E-state index contributed by atoms with van der Waals surface area (Å²) in [6.45, 7) is 0. The zero-order valence-corrected chi connectivity index (χ0v) is 25.2. The second-order valence-corrected chi connectivity index (χ2v) is 11.6. The summed E-state index contributed by atoms with van der Waals surface area (Å²) in [7, 11) is 0. The Hall–Kier alpha value is -5.50. The van der Waals surface area contributed by atoms with Crippen molar-refractivity contribution in [3.8, 4) is 55.8 Å². The largest absolute Gasteiger partial charge is 0.255 e. The first-order chi connectivity index (χ1) is 22.3. The van der Waals surface area contributed by atoms with E-state index in [4.69, 9.17) is 16.6 Å². The molecule has 1 nitrogen and oxygen atoms in total. The van der Waals surface area contributed by atoms with E-state index in [9.17, 15) is 0 Å². The van der Waals surface area contributed by atoms with Crippen molar-refractivity contribution in [2.24, 2.45) is 0 Å². The van der Waals surface area contributed by atoms with Crippen LogP contribution in [0.4, 0.5) is 0 Å². The van der Waals surface area contributed by atoms with Gasteiger partial charge in [-0.25, -0.2) is 0 Å². The average molecular weight is 594 g/mol. The number of halogens is 1. The minimum absolute atomic E-state index is 0.629. The molecule has 0 aliphatic carbocycles. The van der Waals surface area contributed by atoms with Crippen LogP contribution in [-0.4, -0.2) is 4.98 Å². The fraction of sp³-hybridized carbons (Fsp3) is 0. The van der Waals surface area contributed by atoms with Crippen LogP contribution in [0, 0.1) is 0 Å². The second kappa shape index (κ2) is 11.5. The summed E-state index contributed by atoms with van der Waals surface area (Å²) >= 11 is 7.04. The van der Waals surface area contributed by atoms with E-state index in [1.54, 1.807) is 0 Å². The number of nitrogens with zero attached hydrogens (tertiary/aromatic N) is 1. The van der Waals surface area contributed by atoms with Crippen molar-refractivity contribution >= 4 is 33.1 Å². The summed E-state index contributed by atoms with van der Waals surface area (Å²) in [5.74, 6) is 0. The lowest BCUT2D eigenvalue weighted by molar-refractivity contribution is 1.34. The Morgan fingerprint density at radius 2 is 0.844 bits per heavy atom. The SMILES string of the molecule is Clc1cccnc1-c1c2ccccc2cc2c(-c3ccccc3)c(-c3ccccc3)c(-c3ccccc3)c(-c3ccccc3)c12. The van der Waals surface area contributed by atoms with Gasteiger partial charge in [0.25, 0.3) is 0 Å². The molecule has 7 aromatic carbocycles. The van der Waals surface area contributed by atoms with Crippen molar-refractivity contribution in [1.29, 1.82) is 0 Å². The first-order valence-corrected chi connectivity index (χ1v) is 15.6. The summed E-state index contributed by atoms with van der Waals surface area (Å²) in [4.78, 5) is 4.94. The Kier molecular flexibility index (Phi) is 6.94. The Balaban J connectivity index is 1.75. The third kappa shape index (κ3) is 4.70. The first kappa shape index (κ1) is 27.1. The molecule has 1 aromatic heterocycles. The topological polar surface area (TPSA) is 12.9 Å². The van der Waals surface area contributed by atoms with E-state index in [-0.39, 0.29) is 0 Å². The number of fused-ring (bicyclic) bond motifs is 2. The number of hydrogen-bond acceptors (Lipinski definition) is 1. The van der Waals surface area contributed by atoms with Crippen LogP contribution in [0.2, 0.25) is 5.02 Å². The number of benzene rings is 7. The molecule has 0 bridgehead atoms. The fourth-order valence-electron chi connectivity index (χ4n) is 6.71. The molecule has 2 heteroatoms. The standard InChI is InChI=1S/C43H28ClN/c44-36-26-15-27-45-43(36)42-34-25-14-13-24-33(34)28-35-37(29-16-5-1-6-17-29)38(30-18-7-2-8-19-30)39(31-20-9-3-10-21-31)40(41(35)42)32-22-11-4-12-23-32/h1-28H. The van der Waals surface area contributed by atoms with Gasteiger partial charge < -0.3 is 0 Å². The Morgan fingerprint density at radius 1 is 0.378 bits per heavy atom. The Morgan fingerprint density at radius 3 is 1.40 bits per heavy atom. The van der Waals surface area contributed by atoms with Gasteiger partial charge in [-0.1, -0.05) is 157 Å². The van der Waals surface area contributed by atoms with Crippen LogP contribution in [0.25, 0.3) is 77.3 Å². The van der Waals surface area contributed by atoms with Crippen molar-refractivity contribution in [2.75, 3.05) is 0 Å². The van der Waals surface area contributed by atoms with Crippen LogP contribution < -0.4 is 0 Å². The van der Waals surface area contributed by atoms with Gasteiger partial charge >= 0.3 is 0 Å². The molecular weight excluding hydrogens is 566 g/mol. The number of hydrogen-bond donors (Lipinski definition) is 0. The van der Waals surface area contributed by atoms with Crippen molar-refractivity contribution < 1.29 is 0 Å². The summed E-state index contributed by atoms with van der Waals surface area (Å²) in [5, 5.41) is 5.19. The number of pyridine rings is 1. The molecule has 0 spiro atoms. The van der Waals surface area contributed by atoms with Crippen LogP contribution in [0.15, 0.2) is 170 Å². The minimum Gasteiger partial charge on any atom is -0.255 e. The van der Waals surface area contributed by atoms with Gasteiger partial charge in [0.15, 0.2) is 0 Å². The number of aromatic nitrogens is 1. The highest BCUT2D eigenvalue weighted by atomic mass is 35.5. The van der Waals surface area contributed by atoms with Gasteiger partial charge in [0.2, 0.25) is 0 Å².